The molecule has 2 heterocycles. The fraction of sp³-hybridized carbons (Fsp3) is 0.182. The van der Waals surface area contributed by atoms with Gasteiger partial charge in [-0.25, -0.2) is 14.8 Å². The standard InChI is InChI=1S/C11H11N3O2/c1-7-5-9(11(15)16)6-10(13-7)14-4-3-12-8(14)2/h3-6H,1-2H3,(H,15,16). The van der Waals surface area contributed by atoms with Crippen molar-refractivity contribution in [3.05, 3.63) is 41.6 Å². The van der Waals surface area contributed by atoms with Crippen molar-refractivity contribution in [3.8, 4) is 5.82 Å². The van der Waals surface area contributed by atoms with Crippen molar-refractivity contribution in [3.63, 3.8) is 0 Å². The van der Waals surface area contributed by atoms with Gasteiger partial charge in [0, 0.05) is 18.1 Å². The maximum absolute atomic E-state index is 10.9. The van der Waals surface area contributed by atoms with Crippen molar-refractivity contribution in [1.82, 2.24) is 14.5 Å². The van der Waals surface area contributed by atoms with Gasteiger partial charge in [0.25, 0.3) is 0 Å². The summed E-state index contributed by atoms with van der Waals surface area (Å²) in [4.78, 5) is 19.3. The predicted molar refractivity (Wildman–Crippen MR) is 57.8 cm³/mol. The third-order valence-electron chi connectivity index (χ3n) is 2.26. The van der Waals surface area contributed by atoms with E-state index in [0.29, 0.717) is 11.5 Å². The lowest BCUT2D eigenvalue weighted by atomic mass is 10.2. The Kier molecular flexibility index (Phi) is 2.44. The number of aromatic nitrogens is 3. The van der Waals surface area contributed by atoms with Crippen LogP contribution in [0.2, 0.25) is 0 Å². The normalized spacial score (nSPS) is 10.4. The molecule has 0 unspecified atom stereocenters. The SMILES string of the molecule is Cc1cc(C(=O)O)cc(-n2ccnc2C)n1. The van der Waals surface area contributed by atoms with Crippen molar-refractivity contribution < 1.29 is 9.90 Å². The van der Waals surface area contributed by atoms with Crippen molar-refractivity contribution in [1.29, 1.82) is 0 Å². The van der Waals surface area contributed by atoms with E-state index < -0.39 is 5.97 Å². The Labute approximate surface area is 92.4 Å². The predicted octanol–water partition coefficient (Wildman–Crippen LogP) is 1.58. The molecule has 0 aromatic carbocycles. The van der Waals surface area contributed by atoms with Gasteiger partial charge >= 0.3 is 5.97 Å². The lowest BCUT2D eigenvalue weighted by Gasteiger charge is -2.06. The molecule has 0 atom stereocenters. The van der Waals surface area contributed by atoms with Crippen LogP contribution >= 0.6 is 0 Å². The second-order valence-corrected chi connectivity index (χ2v) is 3.51. The molecule has 0 saturated carbocycles. The Morgan fingerprint density at radius 1 is 1.38 bits per heavy atom. The Hall–Kier alpha value is -2.17. The first-order valence-corrected chi connectivity index (χ1v) is 4.80. The quantitative estimate of drug-likeness (QED) is 0.829. The molecule has 0 saturated heterocycles. The van der Waals surface area contributed by atoms with Crippen LogP contribution in [0, 0.1) is 13.8 Å². The van der Waals surface area contributed by atoms with E-state index in [2.05, 4.69) is 9.97 Å². The van der Waals surface area contributed by atoms with Crippen LogP contribution in [-0.2, 0) is 0 Å². The number of rotatable bonds is 2. The summed E-state index contributed by atoms with van der Waals surface area (Å²) >= 11 is 0. The zero-order chi connectivity index (χ0) is 11.7. The van der Waals surface area contributed by atoms with Gasteiger partial charge in [0.1, 0.15) is 11.6 Å². The number of carbonyl (C=O) groups is 1. The summed E-state index contributed by atoms with van der Waals surface area (Å²) in [6, 6.07) is 3.07. The van der Waals surface area contributed by atoms with Crippen molar-refractivity contribution in [2.75, 3.05) is 0 Å². The van der Waals surface area contributed by atoms with Gasteiger partial charge in [-0.05, 0) is 26.0 Å². The minimum atomic E-state index is -0.954. The number of imidazole rings is 1. The molecular weight excluding hydrogens is 206 g/mol. The van der Waals surface area contributed by atoms with Crippen LogP contribution in [0.15, 0.2) is 24.5 Å². The molecule has 0 aliphatic carbocycles. The van der Waals surface area contributed by atoms with E-state index in [4.69, 9.17) is 5.11 Å². The Morgan fingerprint density at radius 2 is 2.12 bits per heavy atom. The number of aryl methyl sites for hydroxylation is 2. The summed E-state index contributed by atoms with van der Waals surface area (Å²) in [5.41, 5.74) is 0.901. The zero-order valence-corrected chi connectivity index (χ0v) is 9.01. The summed E-state index contributed by atoms with van der Waals surface area (Å²) in [6.07, 6.45) is 3.41. The topological polar surface area (TPSA) is 68.0 Å². The molecule has 0 bridgehead atoms. The highest BCUT2D eigenvalue weighted by Crippen LogP contribution is 2.11. The average Bonchev–Trinajstić information content (AvgIpc) is 2.63. The van der Waals surface area contributed by atoms with E-state index in [0.717, 1.165) is 5.82 Å². The first kappa shape index (κ1) is 10.4. The third kappa shape index (κ3) is 1.79. The first-order chi connectivity index (χ1) is 7.58. The number of hydrogen-bond donors (Lipinski definition) is 1. The molecule has 0 amide bonds. The highest BCUT2D eigenvalue weighted by atomic mass is 16.4. The van der Waals surface area contributed by atoms with E-state index in [1.807, 2.05) is 6.92 Å². The molecule has 0 spiro atoms. The van der Waals surface area contributed by atoms with Gasteiger partial charge in [-0.1, -0.05) is 0 Å². The summed E-state index contributed by atoms with van der Waals surface area (Å²) in [5, 5.41) is 8.95. The molecular formula is C11H11N3O2. The summed E-state index contributed by atoms with van der Waals surface area (Å²) in [5.74, 6) is 0.395. The maximum atomic E-state index is 10.9. The van der Waals surface area contributed by atoms with E-state index in [-0.39, 0.29) is 5.56 Å². The van der Waals surface area contributed by atoms with Crippen LogP contribution in [0.4, 0.5) is 0 Å². The monoisotopic (exact) mass is 217 g/mol. The van der Waals surface area contributed by atoms with Crippen molar-refractivity contribution in [2.24, 2.45) is 0 Å². The number of hydrogen-bond acceptors (Lipinski definition) is 3. The van der Waals surface area contributed by atoms with Gasteiger partial charge in [0.2, 0.25) is 0 Å². The Bertz CT molecular complexity index is 546. The summed E-state index contributed by atoms with van der Waals surface area (Å²) < 4.78 is 1.75. The Morgan fingerprint density at radius 3 is 2.69 bits per heavy atom. The number of nitrogens with zero attached hydrogens (tertiary/aromatic N) is 3. The zero-order valence-electron chi connectivity index (χ0n) is 9.01. The molecule has 82 valence electrons. The number of pyridine rings is 1. The maximum Gasteiger partial charge on any atom is 0.335 e. The number of carboxylic acid groups (broad SMARTS) is 1. The average molecular weight is 217 g/mol. The van der Waals surface area contributed by atoms with Gasteiger partial charge in [0.15, 0.2) is 0 Å². The van der Waals surface area contributed by atoms with Crippen LogP contribution in [0.25, 0.3) is 5.82 Å². The van der Waals surface area contributed by atoms with Crippen molar-refractivity contribution in [2.45, 2.75) is 13.8 Å². The lowest BCUT2D eigenvalue weighted by Crippen LogP contribution is -2.04. The highest BCUT2D eigenvalue weighted by molar-refractivity contribution is 5.88. The second kappa shape index (κ2) is 3.77. The summed E-state index contributed by atoms with van der Waals surface area (Å²) in [6.45, 7) is 3.60. The molecule has 16 heavy (non-hydrogen) atoms. The molecule has 0 aliphatic heterocycles. The molecule has 0 fully saturated rings. The van der Waals surface area contributed by atoms with Gasteiger partial charge in [-0.2, -0.15) is 0 Å². The highest BCUT2D eigenvalue weighted by Gasteiger charge is 2.08. The molecule has 2 rings (SSSR count). The van der Waals surface area contributed by atoms with E-state index in [1.54, 1.807) is 23.9 Å². The first-order valence-electron chi connectivity index (χ1n) is 4.80. The smallest absolute Gasteiger partial charge is 0.335 e. The molecule has 5 heteroatoms. The number of aromatic carboxylic acids is 1. The largest absolute Gasteiger partial charge is 0.478 e. The van der Waals surface area contributed by atoms with E-state index in [9.17, 15) is 4.79 Å². The van der Waals surface area contributed by atoms with Crippen LogP contribution in [-0.4, -0.2) is 25.6 Å². The lowest BCUT2D eigenvalue weighted by molar-refractivity contribution is 0.0696. The van der Waals surface area contributed by atoms with E-state index in [1.165, 1.54) is 12.1 Å². The van der Waals surface area contributed by atoms with Gasteiger partial charge in [-0.15, -0.1) is 0 Å². The van der Waals surface area contributed by atoms with Gasteiger partial charge in [-0.3, -0.25) is 4.57 Å². The molecule has 2 aromatic heterocycles. The molecule has 0 aliphatic rings. The van der Waals surface area contributed by atoms with Crippen LogP contribution in [0.3, 0.4) is 0 Å². The van der Waals surface area contributed by atoms with Crippen LogP contribution in [0.1, 0.15) is 21.9 Å². The fourth-order valence-corrected chi connectivity index (χ4v) is 1.52. The van der Waals surface area contributed by atoms with Crippen LogP contribution in [0.5, 0.6) is 0 Å². The van der Waals surface area contributed by atoms with E-state index >= 15 is 0 Å². The van der Waals surface area contributed by atoms with Gasteiger partial charge in [0.05, 0.1) is 5.56 Å². The van der Waals surface area contributed by atoms with Gasteiger partial charge < -0.3 is 5.11 Å². The molecule has 5 nitrogen and oxygen atoms in total. The Balaban J connectivity index is 2.58. The fourth-order valence-electron chi connectivity index (χ4n) is 1.52. The third-order valence-corrected chi connectivity index (χ3v) is 2.26. The summed E-state index contributed by atoms with van der Waals surface area (Å²) in [7, 11) is 0. The number of carboxylic acids is 1. The molecule has 2 aromatic rings. The molecule has 0 radical (unpaired) electrons. The second-order valence-electron chi connectivity index (χ2n) is 3.51. The van der Waals surface area contributed by atoms with Crippen LogP contribution < -0.4 is 0 Å². The van der Waals surface area contributed by atoms with Crippen molar-refractivity contribution >= 4 is 5.97 Å². The minimum Gasteiger partial charge on any atom is -0.478 e. The minimum absolute atomic E-state index is 0.232. The molecule has 1 N–H and O–H groups in total.